The number of aryl methyl sites for hydroxylation is 1. The smallest absolute Gasteiger partial charge is 0.496 e. The molecular weight excluding hydrogens is 456 g/mol. The first-order chi connectivity index (χ1) is 15.3. The summed E-state index contributed by atoms with van der Waals surface area (Å²) < 4.78 is 12.3. The van der Waals surface area contributed by atoms with Crippen molar-refractivity contribution >= 4 is 35.1 Å². The summed E-state index contributed by atoms with van der Waals surface area (Å²) in [6.45, 7) is 1.44. The molecule has 3 aromatic rings. The van der Waals surface area contributed by atoms with E-state index in [2.05, 4.69) is 5.10 Å². The number of aromatic nitrogens is 2. The van der Waals surface area contributed by atoms with Crippen molar-refractivity contribution in [1.29, 1.82) is 0 Å². The molecule has 2 heterocycles. The number of halogens is 1. The lowest BCUT2D eigenvalue weighted by molar-refractivity contribution is -0.138. The molecule has 0 saturated heterocycles. The Kier molecular flexibility index (Phi) is 6.12. The number of carbonyl (C=O) groups is 2. The number of ether oxygens (including phenoxy) is 2. The van der Waals surface area contributed by atoms with Crippen molar-refractivity contribution in [2.24, 2.45) is 0 Å². The first-order valence-corrected chi connectivity index (χ1v) is 11.1. The lowest BCUT2D eigenvalue weighted by Gasteiger charge is -2.16. The van der Waals surface area contributed by atoms with Crippen LogP contribution in [-0.4, -0.2) is 39.2 Å². The van der Waals surface area contributed by atoms with Crippen LogP contribution >= 0.6 is 22.9 Å². The van der Waals surface area contributed by atoms with Crippen molar-refractivity contribution < 1.29 is 29.3 Å². The summed E-state index contributed by atoms with van der Waals surface area (Å²) >= 11 is 7.40. The first-order valence-electron chi connectivity index (χ1n) is 9.94. The molecule has 4 rings (SSSR count). The maximum atomic E-state index is 11.4. The van der Waals surface area contributed by atoms with Gasteiger partial charge in [0, 0.05) is 12.0 Å². The maximum Gasteiger partial charge on any atom is 0.512 e. The Morgan fingerprint density at radius 2 is 2.00 bits per heavy atom. The van der Waals surface area contributed by atoms with Crippen LogP contribution in [0.2, 0.25) is 4.34 Å². The molecule has 0 atom stereocenters. The van der Waals surface area contributed by atoms with Gasteiger partial charge >= 0.3 is 12.1 Å². The summed E-state index contributed by atoms with van der Waals surface area (Å²) in [6, 6.07) is 5.53. The van der Waals surface area contributed by atoms with Gasteiger partial charge in [-0.05, 0) is 60.6 Å². The number of benzene rings is 1. The first kappa shape index (κ1) is 22.2. The minimum Gasteiger partial charge on any atom is -0.496 e. The second kappa shape index (κ2) is 8.84. The van der Waals surface area contributed by atoms with E-state index in [-0.39, 0.29) is 5.88 Å². The molecule has 8 nitrogen and oxygen atoms in total. The van der Waals surface area contributed by atoms with Crippen molar-refractivity contribution in [3.8, 4) is 22.2 Å². The molecule has 0 unspecified atom stereocenters. The van der Waals surface area contributed by atoms with Crippen LogP contribution in [0.5, 0.6) is 11.6 Å². The molecular formula is C22H21ClN2O6S. The Hall–Kier alpha value is -3.04. The number of nitrogens with zero attached hydrogens (tertiary/aromatic N) is 2. The molecule has 1 aliphatic rings. The Morgan fingerprint density at radius 1 is 1.25 bits per heavy atom. The molecule has 0 spiro atoms. The van der Waals surface area contributed by atoms with Gasteiger partial charge in [0.1, 0.15) is 18.0 Å². The van der Waals surface area contributed by atoms with Gasteiger partial charge in [-0.25, -0.2) is 9.48 Å². The normalized spacial score (nSPS) is 12.6. The molecule has 10 heteroatoms. The zero-order valence-electron chi connectivity index (χ0n) is 17.5. The summed E-state index contributed by atoms with van der Waals surface area (Å²) in [5, 5.41) is 23.0. The van der Waals surface area contributed by atoms with Gasteiger partial charge in [0.15, 0.2) is 0 Å². The summed E-state index contributed by atoms with van der Waals surface area (Å²) in [6.07, 6.45) is 1.61. The largest absolute Gasteiger partial charge is 0.512 e. The van der Waals surface area contributed by atoms with Gasteiger partial charge in [-0.1, -0.05) is 17.7 Å². The van der Waals surface area contributed by atoms with E-state index in [0.717, 1.165) is 40.8 Å². The molecule has 0 aliphatic heterocycles. The second-order valence-corrected chi connectivity index (χ2v) is 9.24. The molecule has 0 amide bonds. The van der Waals surface area contributed by atoms with E-state index in [1.54, 1.807) is 19.2 Å². The third kappa shape index (κ3) is 4.18. The third-order valence-corrected chi connectivity index (χ3v) is 6.71. The molecule has 1 aromatic carbocycles. The highest BCUT2D eigenvalue weighted by Gasteiger charge is 2.28. The highest BCUT2D eigenvalue weighted by atomic mass is 35.5. The monoisotopic (exact) mass is 476 g/mol. The number of aliphatic carboxylic acids is 1. The highest BCUT2D eigenvalue weighted by molar-refractivity contribution is 7.19. The van der Waals surface area contributed by atoms with Crippen molar-refractivity contribution in [2.45, 2.75) is 39.2 Å². The van der Waals surface area contributed by atoms with Crippen LogP contribution in [0.25, 0.3) is 10.6 Å². The Morgan fingerprint density at radius 3 is 2.62 bits per heavy atom. The van der Waals surface area contributed by atoms with Gasteiger partial charge in [-0.15, -0.1) is 11.3 Å². The zero-order chi connectivity index (χ0) is 23.0. The predicted octanol–water partition coefficient (Wildman–Crippen LogP) is 4.80. The number of carboxylic acids is 1. The molecule has 2 aromatic heterocycles. The van der Waals surface area contributed by atoms with Crippen LogP contribution in [0.1, 0.15) is 34.2 Å². The molecule has 2 N–H and O–H groups in total. The van der Waals surface area contributed by atoms with Gasteiger partial charge in [0.25, 0.3) is 0 Å². The highest BCUT2D eigenvalue weighted by Crippen LogP contribution is 2.41. The van der Waals surface area contributed by atoms with Gasteiger partial charge in [-0.3, -0.25) is 4.79 Å². The van der Waals surface area contributed by atoms with Crippen LogP contribution in [0.15, 0.2) is 18.2 Å². The quantitative estimate of drug-likeness (QED) is 0.471. The molecule has 32 heavy (non-hydrogen) atoms. The number of carboxylic acid groups (broad SMARTS) is 2. The van der Waals surface area contributed by atoms with Crippen LogP contribution in [0.3, 0.4) is 0 Å². The maximum absolute atomic E-state index is 11.4. The number of fused-ring (bicyclic) bond motifs is 1. The summed E-state index contributed by atoms with van der Waals surface area (Å²) in [4.78, 5) is 23.5. The zero-order valence-corrected chi connectivity index (χ0v) is 19.0. The van der Waals surface area contributed by atoms with Gasteiger partial charge in [0.2, 0.25) is 5.88 Å². The van der Waals surface area contributed by atoms with Crippen LogP contribution in [0.4, 0.5) is 4.79 Å². The average Bonchev–Trinajstić information content (AvgIpc) is 3.43. The standard InChI is InChI=1S/C22H21ClN2O6S/c1-11-8-12(13-4-3-5-14(13)20(11)30-2)9-15-19(16-6-7-17(23)32-16)24-25(10-18(26)27)21(15)31-22(28)29/h6-8H,3-5,9-10H2,1-2H3,(H,26,27)(H,28,29). The van der Waals surface area contributed by atoms with E-state index in [9.17, 15) is 19.8 Å². The van der Waals surface area contributed by atoms with Crippen LogP contribution in [0, 0.1) is 6.92 Å². The van der Waals surface area contributed by atoms with Crippen molar-refractivity contribution in [2.75, 3.05) is 7.11 Å². The summed E-state index contributed by atoms with van der Waals surface area (Å²) in [5.41, 5.74) is 5.31. The SMILES string of the molecule is COc1c(C)cc(Cc2c(-c3ccc(Cl)s3)nn(CC(=O)O)c2OC(=O)O)c2c1CCC2. The van der Waals surface area contributed by atoms with E-state index in [4.69, 9.17) is 21.1 Å². The van der Waals surface area contributed by atoms with Crippen LogP contribution in [-0.2, 0) is 30.6 Å². The summed E-state index contributed by atoms with van der Waals surface area (Å²) in [5.74, 6) is -0.374. The molecule has 0 fully saturated rings. The van der Waals surface area contributed by atoms with Crippen molar-refractivity contribution in [1.82, 2.24) is 9.78 Å². The molecule has 0 saturated carbocycles. The number of methoxy groups -OCH3 is 1. The minimum absolute atomic E-state index is 0.0976. The van der Waals surface area contributed by atoms with E-state index in [1.165, 1.54) is 22.5 Å². The Balaban J connectivity index is 1.90. The molecule has 168 valence electrons. The Labute approximate surface area is 193 Å². The minimum atomic E-state index is -1.54. The number of hydrogen-bond donors (Lipinski definition) is 2. The lowest BCUT2D eigenvalue weighted by Crippen LogP contribution is -2.15. The Bertz CT molecular complexity index is 1220. The van der Waals surface area contributed by atoms with E-state index < -0.39 is 18.7 Å². The average molecular weight is 477 g/mol. The van der Waals surface area contributed by atoms with Crippen LogP contribution < -0.4 is 9.47 Å². The lowest BCUT2D eigenvalue weighted by atomic mass is 9.93. The fourth-order valence-electron chi connectivity index (χ4n) is 4.35. The van der Waals surface area contributed by atoms with Crippen molar-refractivity contribution in [3.05, 3.63) is 50.4 Å². The summed E-state index contributed by atoms with van der Waals surface area (Å²) in [7, 11) is 1.66. The van der Waals surface area contributed by atoms with Gasteiger partial charge in [-0.2, -0.15) is 5.10 Å². The predicted molar refractivity (Wildman–Crippen MR) is 119 cm³/mol. The number of rotatable bonds is 7. The van der Waals surface area contributed by atoms with Gasteiger partial charge < -0.3 is 19.7 Å². The van der Waals surface area contributed by atoms with E-state index in [1.807, 2.05) is 13.0 Å². The number of thiophene rings is 1. The van der Waals surface area contributed by atoms with Crippen molar-refractivity contribution in [3.63, 3.8) is 0 Å². The van der Waals surface area contributed by atoms with E-state index >= 15 is 0 Å². The molecule has 1 aliphatic carbocycles. The fourth-order valence-corrected chi connectivity index (χ4v) is 5.40. The number of hydrogen-bond acceptors (Lipinski definition) is 6. The second-order valence-electron chi connectivity index (χ2n) is 7.53. The fraction of sp³-hybridized carbons (Fsp3) is 0.318. The van der Waals surface area contributed by atoms with E-state index in [0.29, 0.717) is 26.9 Å². The molecule has 0 bridgehead atoms. The molecule has 0 radical (unpaired) electrons. The van der Waals surface area contributed by atoms with Gasteiger partial charge in [0.05, 0.1) is 16.3 Å². The topological polar surface area (TPSA) is 111 Å². The third-order valence-electron chi connectivity index (χ3n) is 5.47.